The SMILES string of the molecule is Fc1ccc(F)c(NC(=S)Nc2cccc(Cl)c2F)c1. The minimum atomic E-state index is -0.682. The monoisotopic (exact) mass is 316 g/mol. The van der Waals surface area contributed by atoms with Gasteiger partial charge in [-0.15, -0.1) is 0 Å². The van der Waals surface area contributed by atoms with Crippen molar-refractivity contribution in [2.24, 2.45) is 0 Å². The van der Waals surface area contributed by atoms with E-state index in [0.29, 0.717) is 0 Å². The predicted molar refractivity (Wildman–Crippen MR) is 77.6 cm³/mol. The Kier molecular flexibility index (Phi) is 4.46. The number of rotatable bonds is 2. The Morgan fingerprint density at radius 1 is 1.00 bits per heavy atom. The lowest BCUT2D eigenvalue weighted by Crippen LogP contribution is -2.20. The molecule has 7 heteroatoms. The zero-order chi connectivity index (χ0) is 14.7. The van der Waals surface area contributed by atoms with Crippen LogP contribution in [-0.4, -0.2) is 5.11 Å². The molecule has 0 aliphatic heterocycles. The third kappa shape index (κ3) is 3.40. The highest BCUT2D eigenvalue weighted by molar-refractivity contribution is 7.80. The molecule has 0 amide bonds. The van der Waals surface area contributed by atoms with E-state index in [4.69, 9.17) is 23.8 Å². The molecule has 2 nitrogen and oxygen atoms in total. The summed E-state index contributed by atoms with van der Waals surface area (Å²) in [6, 6.07) is 7.20. The zero-order valence-electron chi connectivity index (χ0n) is 9.88. The van der Waals surface area contributed by atoms with Crippen LogP contribution in [0.1, 0.15) is 0 Å². The summed E-state index contributed by atoms with van der Waals surface area (Å²) < 4.78 is 40.0. The molecule has 2 aromatic rings. The van der Waals surface area contributed by atoms with Crippen LogP contribution in [0.15, 0.2) is 36.4 Å². The second-order valence-electron chi connectivity index (χ2n) is 3.80. The number of hydrogen-bond donors (Lipinski definition) is 2. The van der Waals surface area contributed by atoms with E-state index in [1.165, 1.54) is 18.2 Å². The van der Waals surface area contributed by atoms with Gasteiger partial charge in [0.05, 0.1) is 16.4 Å². The second kappa shape index (κ2) is 6.11. The molecule has 0 radical (unpaired) electrons. The molecular formula is C13H8ClF3N2S. The summed E-state index contributed by atoms with van der Waals surface area (Å²) in [5, 5.41) is 4.80. The predicted octanol–water partition coefficient (Wildman–Crippen LogP) is 4.57. The van der Waals surface area contributed by atoms with E-state index in [1.54, 1.807) is 0 Å². The first kappa shape index (κ1) is 14.6. The van der Waals surface area contributed by atoms with Crippen molar-refractivity contribution < 1.29 is 13.2 Å². The van der Waals surface area contributed by atoms with Gasteiger partial charge in [-0.05, 0) is 36.5 Å². The van der Waals surface area contributed by atoms with Crippen molar-refractivity contribution >= 4 is 40.3 Å². The third-order valence-corrected chi connectivity index (χ3v) is 2.87. The van der Waals surface area contributed by atoms with E-state index in [9.17, 15) is 13.2 Å². The summed E-state index contributed by atoms with van der Waals surface area (Å²) >= 11 is 10.5. The van der Waals surface area contributed by atoms with Crippen molar-refractivity contribution in [2.75, 3.05) is 10.6 Å². The molecule has 0 atom stereocenters. The van der Waals surface area contributed by atoms with Gasteiger partial charge in [-0.25, -0.2) is 13.2 Å². The summed E-state index contributed by atoms with van der Waals surface area (Å²) in [6.45, 7) is 0. The highest BCUT2D eigenvalue weighted by atomic mass is 35.5. The van der Waals surface area contributed by atoms with E-state index < -0.39 is 17.5 Å². The molecule has 0 bridgehead atoms. The molecule has 2 aromatic carbocycles. The summed E-state index contributed by atoms with van der Waals surface area (Å²) in [4.78, 5) is 0. The topological polar surface area (TPSA) is 24.1 Å². The van der Waals surface area contributed by atoms with Crippen molar-refractivity contribution in [2.45, 2.75) is 0 Å². The average molecular weight is 317 g/mol. The molecule has 2 rings (SSSR count). The first-order chi connectivity index (χ1) is 9.47. The maximum absolute atomic E-state index is 13.6. The first-order valence-corrected chi connectivity index (χ1v) is 6.23. The fraction of sp³-hybridized carbons (Fsp3) is 0. The molecule has 0 spiro atoms. The third-order valence-electron chi connectivity index (χ3n) is 2.38. The minimum absolute atomic E-state index is 0.0341. The van der Waals surface area contributed by atoms with Gasteiger partial charge in [0.1, 0.15) is 11.6 Å². The normalized spacial score (nSPS) is 10.2. The fourth-order valence-corrected chi connectivity index (χ4v) is 1.86. The molecule has 2 N–H and O–H groups in total. The van der Waals surface area contributed by atoms with Crippen LogP contribution in [0, 0.1) is 17.5 Å². The van der Waals surface area contributed by atoms with Crippen LogP contribution in [0.25, 0.3) is 0 Å². The van der Waals surface area contributed by atoms with Crippen molar-refractivity contribution in [1.29, 1.82) is 0 Å². The molecular weight excluding hydrogens is 309 g/mol. The van der Waals surface area contributed by atoms with E-state index in [0.717, 1.165) is 18.2 Å². The molecule has 0 saturated carbocycles. The zero-order valence-corrected chi connectivity index (χ0v) is 11.5. The summed E-state index contributed by atoms with van der Waals surface area (Å²) in [7, 11) is 0. The first-order valence-electron chi connectivity index (χ1n) is 5.44. The van der Waals surface area contributed by atoms with Gasteiger partial charge in [0.2, 0.25) is 0 Å². The Balaban J connectivity index is 2.13. The summed E-state index contributed by atoms with van der Waals surface area (Å²) in [5.41, 5.74) is -0.114. The summed E-state index contributed by atoms with van der Waals surface area (Å²) in [6.07, 6.45) is 0. The molecule has 0 fully saturated rings. The minimum Gasteiger partial charge on any atom is -0.330 e. The molecule has 0 heterocycles. The van der Waals surface area contributed by atoms with Crippen molar-refractivity contribution in [3.05, 3.63) is 58.9 Å². The van der Waals surface area contributed by atoms with Crippen LogP contribution in [0.3, 0.4) is 0 Å². The molecule has 0 unspecified atom stereocenters. The molecule has 20 heavy (non-hydrogen) atoms. The van der Waals surface area contributed by atoms with Crippen molar-refractivity contribution in [3.63, 3.8) is 0 Å². The number of benzene rings is 2. The van der Waals surface area contributed by atoms with Gasteiger partial charge in [-0.3, -0.25) is 0 Å². The number of nitrogens with one attached hydrogen (secondary N) is 2. The Hall–Kier alpha value is -1.79. The number of thiocarbonyl (C=S) groups is 1. The van der Waals surface area contributed by atoms with Gasteiger partial charge in [-0.1, -0.05) is 17.7 Å². The van der Waals surface area contributed by atoms with Crippen molar-refractivity contribution in [3.8, 4) is 0 Å². The maximum Gasteiger partial charge on any atom is 0.175 e. The number of hydrogen-bond acceptors (Lipinski definition) is 1. The summed E-state index contributed by atoms with van der Waals surface area (Å²) in [5.74, 6) is -1.98. The Labute approximate surface area is 123 Å². The van der Waals surface area contributed by atoms with E-state index in [1.807, 2.05) is 0 Å². The standard InChI is InChI=1S/C13H8ClF3N2S/c14-8-2-1-3-10(12(8)17)18-13(20)19-11-6-7(15)4-5-9(11)16/h1-6H,(H2,18,19,20). The lowest BCUT2D eigenvalue weighted by atomic mass is 10.3. The average Bonchev–Trinajstić information content (AvgIpc) is 2.39. The van der Waals surface area contributed by atoms with Crippen LogP contribution in [-0.2, 0) is 0 Å². The van der Waals surface area contributed by atoms with Crippen LogP contribution < -0.4 is 10.6 Å². The molecule has 104 valence electrons. The molecule has 0 aliphatic carbocycles. The Morgan fingerprint density at radius 3 is 2.45 bits per heavy atom. The maximum atomic E-state index is 13.6. The van der Waals surface area contributed by atoms with Gasteiger partial charge in [0.25, 0.3) is 0 Å². The highest BCUT2D eigenvalue weighted by Gasteiger charge is 2.09. The van der Waals surface area contributed by atoms with Crippen LogP contribution in [0.5, 0.6) is 0 Å². The van der Waals surface area contributed by atoms with Gasteiger partial charge < -0.3 is 10.6 Å². The van der Waals surface area contributed by atoms with E-state index in [2.05, 4.69) is 10.6 Å². The molecule has 0 saturated heterocycles. The lowest BCUT2D eigenvalue weighted by Gasteiger charge is -2.12. The second-order valence-corrected chi connectivity index (χ2v) is 4.62. The van der Waals surface area contributed by atoms with Crippen LogP contribution in [0.2, 0.25) is 5.02 Å². The van der Waals surface area contributed by atoms with Gasteiger partial charge >= 0.3 is 0 Å². The number of halogens is 4. The van der Waals surface area contributed by atoms with Gasteiger partial charge in [-0.2, -0.15) is 0 Å². The molecule has 0 aromatic heterocycles. The lowest BCUT2D eigenvalue weighted by molar-refractivity contribution is 0.604. The van der Waals surface area contributed by atoms with E-state index >= 15 is 0 Å². The largest absolute Gasteiger partial charge is 0.330 e. The highest BCUT2D eigenvalue weighted by Crippen LogP contribution is 2.22. The van der Waals surface area contributed by atoms with Crippen molar-refractivity contribution in [1.82, 2.24) is 0 Å². The Bertz CT molecular complexity index is 658. The van der Waals surface area contributed by atoms with Gasteiger partial charge in [0.15, 0.2) is 10.9 Å². The van der Waals surface area contributed by atoms with E-state index in [-0.39, 0.29) is 21.5 Å². The number of anilines is 2. The fourth-order valence-electron chi connectivity index (χ4n) is 1.47. The molecule has 0 aliphatic rings. The van der Waals surface area contributed by atoms with Crippen LogP contribution >= 0.6 is 23.8 Å². The smallest absolute Gasteiger partial charge is 0.175 e. The quantitative estimate of drug-likeness (QED) is 0.794. The van der Waals surface area contributed by atoms with Crippen LogP contribution in [0.4, 0.5) is 24.5 Å². The van der Waals surface area contributed by atoms with Gasteiger partial charge in [0, 0.05) is 6.07 Å². The Morgan fingerprint density at radius 2 is 1.70 bits per heavy atom.